The van der Waals surface area contributed by atoms with Gasteiger partial charge < -0.3 is 0 Å². The van der Waals surface area contributed by atoms with Crippen LogP contribution in [0.3, 0.4) is 0 Å². The Balaban J connectivity index is 1.55. The second kappa shape index (κ2) is 4.75. The molecule has 20 heavy (non-hydrogen) atoms. The predicted octanol–water partition coefficient (Wildman–Crippen LogP) is 6.20. The minimum atomic E-state index is 0.801. The molecular formula is C20H34. The van der Waals surface area contributed by atoms with Crippen LogP contribution >= 0.6 is 0 Å². The van der Waals surface area contributed by atoms with Crippen LogP contribution in [0.1, 0.15) is 90.9 Å². The molecule has 0 bridgehead atoms. The lowest BCUT2D eigenvalue weighted by Crippen LogP contribution is -2.40. The molecule has 4 saturated carbocycles. The third kappa shape index (κ3) is 1.92. The quantitative estimate of drug-likeness (QED) is 0.534. The molecule has 114 valence electrons. The average molecular weight is 274 g/mol. The number of hydrogen-bond donors (Lipinski definition) is 0. The van der Waals surface area contributed by atoms with Crippen LogP contribution in [0.5, 0.6) is 0 Å². The third-order valence-electron chi connectivity index (χ3n) is 8.30. The minimum absolute atomic E-state index is 0.801. The highest BCUT2D eigenvalue weighted by atomic mass is 14.6. The van der Waals surface area contributed by atoms with E-state index in [-0.39, 0.29) is 0 Å². The van der Waals surface area contributed by atoms with E-state index in [2.05, 4.69) is 13.8 Å². The zero-order valence-electron chi connectivity index (χ0n) is 13.8. The molecule has 0 aromatic rings. The predicted molar refractivity (Wildman–Crippen MR) is 85.6 cm³/mol. The summed E-state index contributed by atoms with van der Waals surface area (Å²) in [6, 6.07) is 0. The van der Waals surface area contributed by atoms with Gasteiger partial charge in [0.25, 0.3) is 0 Å². The Labute approximate surface area is 126 Å². The van der Waals surface area contributed by atoms with Gasteiger partial charge in [0.1, 0.15) is 0 Å². The molecular weight excluding hydrogens is 240 g/mol. The van der Waals surface area contributed by atoms with Gasteiger partial charge in [-0.3, -0.25) is 0 Å². The van der Waals surface area contributed by atoms with Gasteiger partial charge in [0, 0.05) is 0 Å². The maximum absolute atomic E-state index is 2.62. The molecule has 4 unspecified atom stereocenters. The van der Waals surface area contributed by atoms with Gasteiger partial charge in [0.15, 0.2) is 0 Å². The fourth-order valence-corrected chi connectivity index (χ4v) is 7.37. The number of hydrogen-bond acceptors (Lipinski definition) is 0. The van der Waals surface area contributed by atoms with Gasteiger partial charge in [0.05, 0.1) is 0 Å². The van der Waals surface area contributed by atoms with E-state index < -0.39 is 0 Å². The molecule has 0 aromatic carbocycles. The van der Waals surface area contributed by atoms with Gasteiger partial charge in [-0.05, 0) is 85.9 Å². The van der Waals surface area contributed by atoms with Gasteiger partial charge in [0.2, 0.25) is 0 Å². The summed E-state index contributed by atoms with van der Waals surface area (Å²) in [7, 11) is 0. The molecule has 0 saturated heterocycles. The van der Waals surface area contributed by atoms with Gasteiger partial charge in [-0.25, -0.2) is 0 Å². The van der Waals surface area contributed by atoms with Crippen molar-refractivity contribution in [3.05, 3.63) is 0 Å². The van der Waals surface area contributed by atoms with Crippen molar-refractivity contribution in [3.63, 3.8) is 0 Å². The largest absolute Gasteiger partial charge is 0.0622 e. The van der Waals surface area contributed by atoms with Crippen LogP contribution < -0.4 is 0 Å². The Bertz CT molecular complexity index is 358. The second-order valence-corrected chi connectivity index (χ2v) is 9.37. The minimum Gasteiger partial charge on any atom is -0.0622 e. The molecule has 0 aromatic heterocycles. The fourth-order valence-electron chi connectivity index (χ4n) is 7.37. The molecule has 0 heteroatoms. The maximum Gasteiger partial charge on any atom is -0.0264 e. The van der Waals surface area contributed by atoms with Crippen molar-refractivity contribution in [2.75, 3.05) is 0 Å². The van der Waals surface area contributed by atoms with Crippen LogP contribution in [0.25, 0.3) is 0 Å². The lowest BCUT2D eigenvalue weighted by Gasteiger charge is -2.48. The lowest BCUT2D eigenvalue weighted by molar-refractivity contribution is 0.0111. The van der Waals surface area contributed by atoms with Crippen molar-refractivity contribution in [2.24, 2.45) is 34.5 Å². The van der Waals surface area contributed by atoms with E-state index in [9.17, 15) is 0 Å². The van der Waals surface area contributed by atoms with E-state index in [1.165, 1.54) is 25.7 Å². The zero-order valence-corrected chi connectivity index (χ0v) is 13.8. The first-order valence-electron chi connectivity index (χ1n) is 9.64. The normalized spacial score (nSPS) is 45.9. The Morgan fingerprint density at radius 1 is 0.700 bits per heavy atom. The summed E-state index contributed by atoms with van der Waals surface area (Å²) in [4.78, 5) is 0. The first kappa shape index (κ1) is 13.6. The van der Waals surface area contributed by atoms with Crippen LogP contribution in [0.2, 0.25) is 0 Å². The third-order valence-corrected chi connectivity index (χ3v) is 8.30. The zero-order chi connectivity index (χ0) is 13.8. The van der Waals surface area contributed by atoms with E-state index in [1.807, 2.05) is 0 Å². The average Bonchev–Trinajstić information content (AvgIpc) is 2.88. The molecule has 4 aliphatic rings. The summed E-state index contributed by atoms with van der Waals surface area (Å²) >= 11 is 0. The van der Waals surface area contributed by atoms with E-state index in [0.29, 0.717) is 0 Å². The van der Waals surface area contributed by atoms with Crippen LogP contribution in [0, 0.1) is 34.5 Å². The fraction of sp³-hybridized carbons (Fsp3) is 1.00. The molecule has 0 heterocycles. The van der Waals surface area contributed by atoms with Gasteiger partial charge in [-0.2, -0.15) is 0 Å². The van der Waals surface area contributed by atoms with Crippen molar-refractivity contribution < 1.29 is 0 Å². The van der Waals surface area contributed by atoms with Crippen LogP contribution in [0.15, 0.2) is 0 Å². The van der Waals surface area contributed by atoms with Crippen LogP contribution in [-0.2, 0) is 0 Å². The number of rotatable bonds is 1. The Morgan fingerprint density at radius 2 is 1.45 bits per heavy atom. The molecule has 0 nitrogen and oxygen atoms in total. The smallest absolute Gasteiger partial charge is 0.0264 e. The van der Waals surface area contributed by atoms with Crippen molar-refractivity contribution in [3.8, 4) is 0 Å². The summed E-state index contributed by atoms with van der Waals surface area (Å²) < 4.78 is 0. The van der Waals surface area contributed by atoms with E-state index in [0.717, 1.165) is 34.5 Å². The van der Waals surface area contributed by atoms with Gasteiger partial charge >= 0.3 is 0 Å². The Kier molecular flexibility index (Phi) is 3.24. The summed E-state index contributed by atoms with van der Waals surface area (Å²) in [5, 5.41) is 0. The van der Waals surface area contributed by atoms with Gasteiger partial charge in [-0.15, -0.1) is 0 Å². The first-order valence-corrected chi connectivity index (χ1v) is 9.64. The molecule has 0 amide bonds. The van der Waals surface area contributed by atoms with E-state index in [1.54, 1.807) is 51.4 Å². The summed E-state index contributed by atoms with van der Waals surface area (Å²) in [6.07, 6.45) is 18.7. The highest BCUT2D eigenvalue weighted by molar-refractivity contribution is 5.07. The first-order chi connectivity index (χ1) is 9.64. The van der Waals surface area contributed by atoms with Crippen LogP contribution in [-0.4, -0.2) is 0 Å². The molecule has 4 atom stereocenters. The van der Waals surface area contributed by atoms with E-state index >= 15 is 0 Å². The molecule has 4 fully saturated rings. The molecule has 4 aliphatic carbocycles. The van der Waals surface area contributed by atoms with Gasteiger partial charge in [-0.1, -0.05) is 39.5 Å². The molecule has 0 N–H and O–H groups in total. The summed E-state index contributed by atoms with van der Waals surface area (Å²) in [6.45, 7) is 5.21. The van der Waals surface area contributed by atoms with Crippen molar-refractivity contribution in [1.82, 2.24) is 0 Å². The highest BCUT2D eigenvalue weighted by Crippen LogP contribution is 2.66. The molecule has 4 rings (SSSR count). The summed E-state index contributed by atoms with van der Waals surface area (Å²) in [5.74, 6) is 4.25. The van der Waals surface area contributed by atoms with Crippen LogP contribution in [0.4, 0.5) is 0 Å². The Hall–Kier alpha value is 0. The van der Waals surface area contributed by atoms with E-state index in [4.69, 9.17) is 0 Å². The standard InChI is InChI=1S/C20H34/c1-15-7-12-20(10-6-11-20)18(15)17-14-19(13-16(17)2)8-4-3-5-9-19/h15-18H,3-14H2,1-2H3. The maximum atomic E-state index is 2.62. The molecule has 0 aliphatic heterocycles. The molecule has 2 spiro atoms. The topological polar surface area (TPSA) is 0 Å². The monoisotopic (exact) mass is 274 g/mol. The van der Waals surface area contributed by atoms with Crippen molar-refractivity contribution in [2.45, 2.75) is 90.9 Å². The Morgan fingerprint density at radius 3 is 2.10 bits per heavy atom. The van der Waals surface area contributed by atoms with Crippen molar-refractivity contribution >= 4 is 0 Å². The molecule has 0 radical (unpaired) electrons. The highest BCUT2D eigenvalue weighted by Gasteiger charge is 2.57. The summed E-state index contributed by atoms with van der Waals surface area (Å²) in [5.41, 5.74) is 1.63. The SMILES string of the molecule is CC1CC2(CCCCC2)CC1C1C(C)CCC12CCC2. The van der Waals surface area contributed by atoms with Crippen molar-refractivity contribution in [1.29, 1.82) is 0 Å². The second-order valence-electron chi connectivity index (χ2n) is 9.37. The lowest BCUT2D eigenvalue weighted by atomic mass is 9.56.